The molecule has 1 aromatic heterocycles. The summed E-state index contributed by atoms with van der Waals surface area (Å²) in [6, 6.07) is 14.6. The topological polar surface area (TPSA) is 37.3 Å². The average molecular weight is 383 g/mol. The van der Waals surface area contributed by atoms with E-state index < -0.39 is 0 Å². The second kappa shape index (κ2) is 7.28. The van der Waals surface area contributed by atoms with E-state index in [0.29, 0.717) is 6.54 Å². The molecule has 0 unspecified atom stereocenters. The summed E-state index contributed by atoms with van der Waals surface area (Å²) in [7, 11) is 2.04. The molecule has 0 atom stereocenters. The van der Waals surface area contributed by atoms with Gasteiger partial charge < -0.3 is 14.8 Å². The monoisotopic (exact) mass is 383 g/mol. The number of fused-ring (bicyclic) bond motifs is 2. The summed E-state index contributed by atoms with van der Waals surface area (Å²) in [4.78, 5) is 15.2. The fourth-order valence-corrected chi connectivity index (χ4v) is 4.24. The summed E-state index contributed by atoms with van der Waals surface area (Å²) in [5.41, 5.74) is 7.06. The van der Waals surface area contributed by atoms with Gasteiger partial charge in [-0.1, -0.05) is 18.2 Å². The van der Waals surface area contributed by atoms with Gasteiger partial charge in [0.15, 0.2) is 0 Å². The van der Waals surface area contributed by atoms with Crippen molar-refractivity contribution in [3.8, 4) is 0 Å². The number of nitrogens with zero attached hydrogens (tertiary/aromatic N) is 2. The van der Waals surface area contributed by atoms with Crippen LogP contribution in [0.5, 0.6) is 0 Å². The van der Waals surface area contributed by atoms with Crippen LogP contribution in [0.25, 0.3) is 10.9 Å². The Morgan fingerprint density at radius 1 is 1.03 bits per heavy atom. The molecule has 2 heterocycles. The third-order valence-corrected chi connectivity index (χ3v) is 6.07. The number of carbonyl (C=O) groups is 1. The fourth-order valence-electron chi connectivity index (χ4n) is 4.24. The van der Waals surface area contributed by atoms with Crippen LogP contribution in [0, 0.1) is 0 Å². The second-order valence-electron chi connectivity index (χ2n) is 7.92. The van der Waals surface area contributed by atoms with Crippen LogP contribution < -0.4 is 5.32 Å². The van der Waals surface area contributed by atoms with Gasteiger partial charge in [-0.3, -0.25) is 4.79 Å². The van der Waals surface area contributed by atoms with Crippen LogP contribution in [0.15, 0.2) is 72.6 Å². The smallest absolute Gasteiger partial charge is 0.251 e. The SMILES string of the molecule is Cn1ccc2cc(CNC(=O)c3ccc4c(c3)CCN(C3=CC=C3)CC4)ccc21. The molecule has 1 N–H and O–H groups in total. The molecule has 5 rings (SSSR count). The zero-order chi connectivity index (χ0) is 19.8. The minimum atomic E-state index is -0.00769. The standard InChI is InChI=1S/C25H25N3O/c1-27-12-9-21-15-18(5-8-24(21)27)17-26-25(29)22-7-6-19-10-13-28(23-3-2-4-23)14-11-20(19)16-22/h2-9,12,15-16H,10-11,13-14,17H2,1H3,(H,26,29). The van der Waals surface area contributed by atoms with Gasteiger partial charge in [-0.05, 0) is 77.4 Å². The van der Waals surface area contributed by atoms with Crippen molar-refractivity contribution < 1.29 is 4.79 Å². The lowest BCUT2D eigenvalue weighted by Crippen LogP contribution is -2.26. The number of amides is 1. The maximum Gasteiger partial charge on any atom is 0.251 e. The molecule has 4 nitrogen and oxygen atoms in total. The van der Waals surface area contributed by atoms with E-state index in [4.69, 9.17) is 0 Å². The Labute approximate surface area is 171 Å². The lowest BCUT2D eigenvalue weighted by atomic mass is 10.00. The Kier molecular flexibility index (Phi) is 4.47. The molecule has 0 fully saturated rings. The van der Waals surface area contributed by atoms with E-state index in [1.54, 1.807) is 0 Å². The highest BCUT2D eigenvalue weighted by Gasteiger charge is 2.17. The molecule has 29 heavy (non-hydrogen) atoms. The summed E-state index contributed by atoms with van der Waals surface area (Å²) in [5, 5.41) is 4.28. The van der Waals surface area contributed by atoms with Gasteiger partial charge in [0.2, 0.25) is 0 Å². The number of benzene rings is 2. The van der Waals surface area contributed by atoms with Gasteiger partial charge >= 0.3 is 0 Å². The number of hydrogen-bond acceptors (Lipinski definition) is 2. The van der Waals surface area contributed by atoms with E-state index >= 15 is 0 Å². The molecular weight excluding hydrogens is 358 g/mol. The first-order valence-corrected chi connectivity index (χ1v) is 10.2. The van der Waals surface area contributed by atoms with Gasteiger partial charge in [-0.25, -0.2) is 0 Å². The highest BCUT2D eigenvalue weighted by Crippen LogP contribution is 2.23. The van der Waals surface area contributed by atoms with Crippen LogP contribution in [0.1, 0.15) is 27.0 Å². The Balaban J connectivity index is 1.26. The average Bonchev–Trinajstić information content (AvgIpc) is 2.94. The predicted octanol–water partition coefficient (Wildman–Crippen LogP) is 3.96. The van der Waals surface area contributed by atoms with Crippen molar-refractivity contribution in [3.05, 3.63) is 94.8 Å². The Hall–Kier alpha value is -3.27. The molecule has 2 aliphatic rings. The van der Waals surface area contributed by atoms with E-state index in [9.17, 15) is 4.79 Å². The number of hydrogen-bond donors (Lipinski definition) is 1. The number of aromatic nitrogens is 1. The number of aryl methyl sites for hydroxylation is 1. The molecular formula is C25H25N3O. The number of rotatable bonds is 4. The number of allylic oxidation sites excluding steroid dienone is 3. The van der Waals surface area contributed by atoms with Gasteiger partial charge in [-0.15, -0.1) is 0 Å². The van der Waals surface area contributed by atoms with Crippen molar-refractivity contribution >= 4 is 16.8 Å². The van der Waals surface area contributed by atoms with Crippen LogP contribution in [-0.4, -0.2) is 28.5 Å². The van der Waals surface area contributed by atoms with E-state index in [-0.39, 0.29) is 5.91 Å². The highest BCUT2D eigenvalue weighted by molar-refractivity contribution is 5.94. The van der Waals surface area contributed by atoms with E-state index in [1.807, 2.05) is 13.1 Å². The third kappa shape index (κ3) is 3.46. The minimum Gasteiger partial charge on any atom is -0.371 e. The maximum absolute atomic E-state index is 12.7. The minimum absolute atomic E-state index is 0.00769. The third-order valence-electron chi connectivity index (χ3n) is 6.07. The van der Waals surface area contributed by atoms with Crippen molar-refractivity contribution in [2.75, 3.05) is 13.1 Å². The van der Waals surface area contributed by atoms with Gasteiger partial charge in [-0.2, -0.15) is 0 Å². The van der Waals surface area contributed by atoms with Crippen molar-refractivity contribution in [3.63, 3.8) is 0 Å². The van der Waals surface area contributed by atoms with Crippen LogP contribution in [-0.2, 0) is 26.4 Å². The van der Waals surface area contributed by atoms with E-state index in [0.717, 1.165) is 37.1 Å². The molecule has 0 bridgehead atoms. The van der Waals surface area contributed by atoms with E-state index in [1.165, 1.54) is 27.7 Å². The van der Waals surface area contributed by atoms with Crippen molar-refractivity contribution in [1.29, 1.82) is 0 Å². The molecule has 2 aromatic carbocycles. The second-order valence-corrected chi connectivity index (χ2v) is 7.92. The molecule has 0 radical (unpaired) electrons. The zero-order valence-corrected chi connectivity index (χ0v) is 16.7. The lowest BCUT2D eigenvalue weighted by molar-refractivity contribution is 0.0951. The van der Waals surface area contributed by atoms with E-state index in [2.05, 4.69) is 75.6 Å². The summed E-state index contributed by atoms with van der Waals surface area (Å²) >= 11 is 0. The summed E-state index contributed by atoms with van der Waals surface area (Å²) < 4.78 is 2.10. The number of carbonyl (C=O) groups excluding carboxylic acids is 1. The summed E-state index contributed by atoms with van der Waals surface area (Å²) in [6.45, 7) is 2.58. The van der Waals surface area contributed by atoms with Gasteiger partial charge in [0, 0.05) is 49.7 Å². The Morgan fingerprint density at radius 3 is 2.66 bits per heavy atom. The van der Waals surface area contributed by atoms with Gasteiger partial charge in [0.05, 0.1) is 0 Å². The molecule has 4 heteroatoms. The van der Waals surface area contributed by atoms with Crippen LogP contribution >= 0.6 is 0 Å². The summed E-state index contributed by atoms with van der Waals surface area (Å²) in [5.74, 6) is -0.00769. The Morgan fingerprint density at radius 2 is 1.86 bits per heavy atom. The molecule has 0 saturated heterocycles. The Bertz CT molecular complexity index is 1150. The van der Waals surface area contributed by atoms with Crippen LogP contribution in [0.3, 0.4) is 0 Å². The summed E-state index contributed by atoms with van der Waals surface area (Å²) in [6.07, 6.45) is 10.5. The lowest BCUT2D eigenvalue weighted by Gasteiger charge is -2.26. The molecule has 1 amide bonds. The number of nitrogens with one attached hydrogen (secondary N) is 1. The van der Waals surface area contributed by atoms with Crippen LogP contribution in [0.4, 0.5) is 0 Å². The van der Waals surface area contributed by atoms with Gasteiger partial charge in [0.25, 0.3) is 5.91 Å². The molecule has 146 valence electrons. The first kappa shape index (κ1) is 17.8. The molecule has 0 spiro atoms. The maximum atomic E-state index is 12.7. The zero-order valence-electron chi connectivity index (χ0n) is 16.7. The molecule has 1 aliphatic heterocycles. The molecule has 0 saturated carbocycles. The van der Waals surface area contributed by atoms with Crippen molar-refractivity contribution in [2.45, 2.75) is 19.4 Å². The van der Waals surface area contributed by atoms with Crippen LogP contribution in [0.2, 0.25) is 0 Å². The van der Waals surface area contributed by atoms with Crippen molar-refractivity contribution in [2.24, 2.45) is 7.05 Å². The predicted molar refractivity (Wildman–Crippen MR) is 117 cm³/mol. The molecule has 3 aromatic rings. The largest absolute Gasteiger partial charge is 0.371 e. The fraction of sp³-hybridized carbons (Fsp3) is 0.240. The highest BCUT2D eigenvalue weighted by atomic mass is 16.1. The normalized spacial score (nSPS) is 15.5. The first-order chi connectivity index (χ1) is 14.2. The first-order valence-electron chi connectivity index (χ1n) is 10.2. The van der Waals surface area contributed by atoms with Gasteiger partial charge in [0.1, 0.15) is 0 Å². The van der Waals surface area contributed by atoms with Crippen molar-refractivity contribution in [1.82, 2.24) is 14.8 Å². The molecule has 1 aliphatic carbocycles. The quantitative estimate of drug-likeness (QED) is 0.740.